The number of allylic oxidation sites excluding steroid dienone is 1. The topological polar surface area (TPSA) is 141 Å². The minimum absolute atomic E-state index is 0.210. The molecule has 1 aromatic heterocycles. The van der Waals surface area contributed by atoms with Crippen LogP contribution in [0.4, 0.5) is 5.69 Å². The highest BCUT2D eigenvalue weighted by Crippen LogP contribution is 2.22. The highest BCUT2D eigenvalue weighted by Gasteiger charge is 2.30. The van der Waals surface area contributed by atoms with Crippen LogP contribution < -0.4 is 17.0 Å². The van der Waals surface area contributed by atoms with Gasteiger partial charge in [-0.3, -0.25) is 19.8 Å². The number of anilines is 1. The van der Waals surface area contributed by atoms with Gasteiger partial charge in [0.15, 0.2) is 0 Å². The molecular weight excluding hydrogens is 386 g/mol. The number of fused-ring (bicyclic) bond motifs is 1. The summed E-state index contributed by atoms with van der Waals surface area (Å²) in [5.74, 6) is 12.0. The van der Waals surface area contributed by atoms with Gasteiger partial charge in [-0.2, -0.15) is 5.10 Å². The summed E-state index contributed by atoms with van der Waals surface area (Å²) < 4.78 is 5.40. The molecule has 30 heavy (non-hydrogen) atoms. The van der Waals surface area contributed by atoms with Crippen molar-refractivity contribution in [2.24, 2.45) is 16.8 Å². The minimum atomic E-state index is -0.210. The van der Waals surface area contributed by atoms with Gasteiger partial charge < -0.3 is 20.8 Å². The highest BCUT2D eigenvalue weighted by molar-refractivity contribution is 6.06. The largest absolute Gasteiger partial charge is 0.379 e. The predicted octanol–water partition coefficient (Wildman–Crippen LogP) is -0.171. The van der Waals surface area contributed by atoms with Crippen LogP contribution in [0, 0.1) is 0 Å². The Kier molecular flexibility index (Phi) is 5.84. The van der Waals surface area contributed by atoms with Gasteiger partial charge in [-0.05, 0) is 25.1 Å². The maximum Gasteiger partial charge on any atom is 0.255 e. The van der Waals surface area contributed by atoms with Crippen molar-refractivity contribution in [1.29, 1.82) is 0 Å². The first kappa shape index (κ1) is 20.1. The summed E-state index contributed by atoms with van der Waals surface area (Å²) in [7, 11) is 0. The summed E-state index contributed by atoms with van der Waals surface area (Å²) in [6, 6.07) is 5.59. The molecule has 0 atom stereocenters. The van der Waals surface area contributed by atoms with Crippen LogP contribution in [0.2, 0.25) is 0 Å². The molecule has 4 rings (SSSR count). The van der Waals surface area contributed by atoms with Crippen molar-refractivity contribution in [2.75, 3.05) is 51.3 Å². The molecule has 1 amide bonds. The molecule has 0 aliphatic carbocycles. The fraction of sp³-hybridized carbons (Fsp3) is 0.421. The molecule has 0 bridgehead atoms. The summed E-state index contributed by atoms with van der Waals surface area (Å²) in [6.07, 6.45) is 1.72. The van der Waals surface area contributed by atoms with Gasteiger partial charge in [0.1, 0.15) is 0 Å². The number of hydrogen-bond donors (Lipinski definition) is 4. The van der Waals surface area contributed by atoms with Gasteiger partial charge >= 0.3 is 0 Å². The molecule has 0 radical (unpaired) electrons. The van der Waals surface area contributed by atoms with Crippen LogP contribution in [0.3, 0.4) is 0 Å². The molecule has 160 valence electrons. The van der Waals surface area contributed by atoms with Crippen molar-refractivity contribution in [1.82, 2.24) is 25.0 Å². The Bertz CT molecular complexity index is 977. The highest BCUT2D eigenvalue weighted by atomic mass is 16.5. The van der Waals surface area contributed by atoms with Gasteiger partial charge in [0.2, 0.25) is 5.96 Å². The lowest BCUT2D eigenvalue weighted by atomic mass is 10.1. The number of aromatic nitrogens is 2. The number of morpholine rings is 1. The summed E-state index contributed by atoms with van der Waals surface area (Å²) in [5.41, 5.74) is 2.96. The van der Waals surface area contributed by atoms with Crippen molar-refractivity contribution in [2.45, 2.75) is 6.92 Å². The van der Waals surface area contributed by atoms with Crippen LogP contribution in [0.15, 0.2) is 40.8 Å². The number of hydrogen-bond acceptors (Lipinski definition) is 7. The first-order valence-corrected chi connectivity index (χ1v) is 9.89. The molecule has 11 heteroatoms. The zero-order valence-corrected chi connectivity index (χ0v) is 17.0. The van der Waals surface area contributed by atoms with Crippen molar-refractivity contribution >= 4 is 28.5 Å². The van der Waals surface area contributed by atoms with E-state index in [1.165, 1.54) is 5.01 Å². The molecule has 2 aliphatic heterocycles. The molecule has 0 saturated carbocycles. The summed E-state index contributed by atoms with van der Waals surface area (Å²) in [5, 5.41) is 16.0. The Balaban J connectivity index is 1.52. The van der Waals surface area contributed by atoms with E-state index in [2.05, 4.69) is 25.5 Å². The Labute approximate surface area is 174 Å². The van der Waals surface area contributed by atoms with E-state index in [0.717, 1.165) is 49.4 Å². The zero-order valence-electron chi connectivity index (χ0n) is 17.0. The Hall–Kier alpha value is -3.15. The second kappa shape index (κ2) is 8.69. The Morgan fingerprint density at radius 1 is 1.33 bits per heavy atom. The molecule has 1 aromatic carbocycles. The lowest BCUT2D eigenvalue weighted by molar-refractivity contribution is -0.113. The third-order valence-corrected chi connectivity index (χ3v) is 5.50. The average molecular weight is 413 g/mol. The molecule has 6 N–H and O–H groups in total. The number of nitrogens with one attached hydrogen (secondary N) is 2. The molecule has 2 aliphatic rings. The van der Waals surface area contributed by atoms with E-state index in [-0.39, 0.29) is 12.5 Å². The second-order valence-corrected chi connectivity index (χ2v) is 7.35. The molecule has 3 heterocycles. The number of nitrogens with zero attached hydrogens (tertiary/aromatic N) is 5. The number of rotatable bonds is 5. The number of amides is 1. The monoisotopic (exact) mass is 413 g/mol. The number of carbonyl (C=O) groups excluding carboxylic acids is 1. The fourth-order valence-electron chi connectivity index (χ4n) is 3.76. The van der Waals surface area contributed by atoms with Crippen molar-refractivity contribution in [3.63, 3.8) is 0 Å². The summed E-state index contributed by atoms with van der Waals surface area (Å²) in [6.45, 7) is 6.73. The number of nitrogens with two attached hydrogens (primary N) is 2. The van der Waals surface area contributed by atoms with Crippen molar-refractivity contribution < 1.29 is 9.53 Å². The van der Waals surface area contributed by atoms with Gasteiger partial charge in [0.05, 0.1) is 37.0 Å². The van der Waals surface area contributed by atoms with Crippen LogP contribution in [-0.4, -0.2) is 82.8 Å². The molecule has 1 saturated heterocycles. The molecule has 0 unspecified atom stereocenters. The molecule has 1 fully saturated rings. The van der Waals surface area contributed by atoms with E-state index in [9.17, 15) is 4.79 Å². The SMILES string of the molecule is CC1=C(C(=O)Nc2ccc3[nH]ncc3c2)CN(N)/C(=N\N)N1CCN1CCOCC1. The minimum Gasteiger partial charge on any atom is -0.379 e. The van der Waals surface area contributed by atoms with Crippen molar-refractivity contribution in [3.8, 4) is 0 Å². The average Bonchev–Trinajstić information content (AvgIpc) is 3.22. The number of benzene rings is 1. The van der Waals surface area contributed by atoms with Gasteiger partial charge in [-0.15, -0.1) is 5.10 Å². The van der Waals surface area contributed by atoms with E-state index in [4.69, 9.17) is 16.4 Å². The predicted molar refractivity (Wildman–Crippen MR) is 114 cm³/mol. The zero-order chi connectivity index (χ0) is 21.1. The lowest BCUT2D eigenvalue weighted by Gasteiger charge is -2.39. The molecule has 2 aromatic rings. The molecule has 11 nitrogen and oxygen atoms in total. The number of H-pyrrole nitrogens is 1. The number of carbonyl (C=O) groups is 1. The molecular formula is C19H27N9O2. The van der Waals surface area contributed by atoms with Gasteiger partial charge in [-0.1, -0.05) is 0 Å². The van der Waals surface area contributed by atoms with Crippen LogP contribution in [0.5, 0.6) is 0 Å². The summed E-state index contributed by atoms with van der Waals surface area (Å²) in [4.78, 5) is 17.2. The Morgan fingerprint density at radius 2 is 2.13 bits per heavy atom. The third kappa shape index (κ3) is 4.08. The van der Waals surface area contributed by atoms with E-state index in [1.54, 1.807) is 6.20 Å². The maximum atomic E-state index is 13.0. The third-order valence-electron chi connectivity index (χ3n) is 5.50. The van der Waals surface area contributed by atoms with Crippen LogP contribution >= 0.6 is 0 Å². The Morgan fingerprint density at radius 3 is 2.90 bits per heavy atom. The van der Waals surface area contributed by atoms with Gasteiger partial charge in [0, 0.05) is 42.9 Å². The maximum absolute atomic E-state index is 13.0. The van der Waals surface area contributed by atoms with E-state index >= 15 is 0 Å². The van der Waals surface area contributed by atoms with E-state index in [0.29, 0.717) is 23.8 Å². The van der Waals surface area contributed by atoms with Crippen LogP contribution in [-0.2, 0) is 9.53 Å². The first-order valence-electron chi connectivity index (χ1n) is 9.89. The number of aromatic amines is 1. The quantitative estimate of drug-likeness (QED) is 0.391. The number of hydrazine groups is 1. The second-order valence-electron chi connectivity index (χ2n) is 7.35. The fourth-order valence-corrected chi connectivity index (χ4v) is 3.76. The van der Waals surface area contributed by atoms with E-state index < -0.39 is 0 Å². The van der Waals surface area contributed by atoms with Crippen molar-refractivity contribution in [3.05, 3.63) is 35.7 Å². The normalized spacial score (nSPS) is 19.7. The first-order chi connectivity index (χ1) is 14.6. The number of hydrazone groups is 1. The number of guanidine groups is 1. The number of ether oxygens (including phenoxy) is 1. The smallest absolute Gasteiger partial charge is 0.255 e. The van der Waals surface area contributed by atoms with Crippen LogP contribution in [0.1, 0.15) is 6.92 Å². The lowest BCUT2D eigenvalue weighted by Crippen LogP contribution is -2.55. The van der Waals surface area contributed by atoms with Gasteiger partial charge in [-0.25, -0.2) is 5.84 Å². The standard InChI is InChI=1S/C19H27N9O2/c1-13-16(18(29)23-15-2-3-17-14(10-15)11-22-25-17)12-28(21)19(24-20)27(13)5-4-26-6-8-30-9-7-26/h2-3,10-11H,4-9,12,20-21H2,1H3,(H,22,25)(H,23,29)/b24-19-. The van der Waals surface area contributed by atoms with E-state index in [1.807, 2.05) is 30.0 Å². The summed E-state index contributed by atoms with van der Waals surface area (Å²) >= 11 is 0. The van der Waals surface area contributed by atoms with Crippen LogP contribution in [0.25, 0.3) is 10.9 Å². The van der Waals surface area contributed by atoms with Gasteiger partial charge in [0.25, 0.3) is 5.91 Å². The molecule has 0 spiro atoms.